The Bertz CT molecular complexity index is 391. The summed E-state index contributed by atoms with van der Waals surface area (Å²) in [5.41, 5.74) is 2.58. The van der Waals surface area contributed by atoms with Crippen LogP contribution in [0, 0.1) is 25.2 Å². The van der Waals surface area contributed by atoms with Crippen LogP contribution in [0.3, 0.4) is 0 Å². The lowest BCUT2D eigenvalue weighted by molar-refractivity contribution is 0.757. The van der Waals surface area contributed by atoms with Crippen LogP contribution in [-0.2, 0) is 0 Å². The number of anilines is 1. The number of aryl methyl sites for hydroxylation is 2. The van der Waals surface area contributed by atoms with Crippen LogP contribution in [0.2, 0.25) is 0 Å². The Kier molecular flexibility index (Phi) is 3.68. The van der Waals surface area contributed by atoms with E-state index in [0.717, 1.165) is 17.7 Å². The van der Waals surface area contributed by atoms with E-state index in [1.54, 1.807) is 0 Å². The third kappa shape index (κ3) is 2.69. The third-order valence-electron chi connectivity index (χ3n) is 2.45. The third-order valence-corrected chi connectivity index (χ3v) is 2.45. The first-order chi connectivity index (χ1) is 7.08. The number of aromatic nitrogens is 1. The van der Waals surface area contributed by atoms with Gasteiger partial charge in [-0.2, -0.15) is 5.26 Å². The van der Waals surface area contributed by atoms with E-state index < -0.39 is 0 Å². The molecule has 1 unspecified atom stereocenters. The van der Waals surface area contributed by atoms with Crippen LogP contribution in [0.4, 0.5) is 5.82 Å². The SMILES string of the molecule is CCC(C)Nc1nc(C)cc(C)c1C#N. The van der Waals surface area contributed by atoms with Gasteiger partial charge in [0.15, 0.2) is 0 Å². The van der Waals surface area contributed by atoms with E-state index in [0.29, 0.717) is 17.4 Å². The van der Waals surface area contributed by atoms with Gasteiger partial charge in [-0.1, -0.05) is 6.92 Å². The van der Waals surface area contributed by atoms with E-state index in [4.69, 9.17) is 5.26 Å². The molecule has 0 saturated heterocycles. The van der Waals surface area contributed by atoms with Gasteiger partial charge in [-0.15, -0.1) is 0 Å². The Balaban J connectivity index is 3.10. The van der Waals surface area contributed by atoms with Gasteiger partial charge in [0.05, 0.1) is 5.56 Å². The molecule has 0 spiro atoms. The Morgan fingerprint density at radius 2 is 2.20 bits per heavy atom. The molecule has 3 heteroatoms. The molecule has 1 rings (SSSR count). The topological polar surface area (TPSA) is 48.7 Å². The summed E-state index contributed by atoms with van der Waals surface area (Å²) in [6, 6.07) is 4.47. The van der Waals surface area contributed by atoms with Gasteiger partial charge in [0.2, 0.25) is 0 Å². The zero-order valence-corrected chi connectivity index (χ0v) is 9.76. The minimum Gasteiger partial charge on any atom is -0.367 e. The zero-order chi connectivity index (χ0) is 11.4. The van der Waals surface area contributed by atoms with Crippen molar-refractivity contribution >= 4 is 5.82 Å². The number of nitrogens with one attached hydrogen (secondary N) is 1. The predicted molar refractivity (Wildman–Crippen MR) is 61.8 cm³/mol. The van der Waals surface area contributed by atoms with E-state index in [-0.39, 0.29) is 0 Å². The highest BCUT2D eigenvalue weighted by atomic mass is 15.0. The highest BCUT2D eigenvalue weighted by Crippen LogP contribution is 2.18. The lowest BCUT2D eigenvalue weighted by Crippen LogP contribution is -2.16. The van der Waals surface area contributed by atoms with E-state index in [1.165, 1.54) is 0 Å². The minimum atomic E-state index is 0.339. The molecule has 15 heavy (non-hydrogen) atoms. The van der Waals surface area contributed by atoms with Crippen LogP contribution < -0.4 is 5.32 Å². The van der Waals surface area contributed by atoms with Crippen LogP contribution >= 0.6 is 0 Å². The fourth-order valence-corrected chi connectivity index (χ4v) is 1.42. The van der Waals surface area contributed by atoms with Crippen molar-refractivity contribution in [3.05, 3.63) is 22.9 Å². The second kappa shape index (κ2) is 4.79. The lowest BCUT2D eigenvalue weighted by Gasteiger charge is -2.14. The maximum atomic E-state index is 9.05. The average Bonchev–Trinajstić information content (AvgIpc) is 2.17. The fraction of sp³-hybridized carbons (Fsp3) is 0.500. The molecule has 0 bridgehead atoms. The summed E-state index contributed by atoms with van der Waals surface area (Å²) in [4.78, 5) is 4.36. The molecule has 0 amide bonds. The maximum absolute atomic E-state index is 9.05. The zero-order valence-electron chi connectivity index (χ0n) is 9.76. The van der Waals surface area contributed by atoms with Gasteiger partial charge >= 0.3 is 0 Å². The van der Waals surface area contributed by atoms with E-state index in [9.17, 15) is 0 Å². The number of nitrogens with zero attached hydrogens (tertiary/aromatic N) is 2. The molecule has 1 atom stereocenters. The molecule has 0 aromatic carbocycles. The first-order valence-corrected chi connectivity index (χ1v) is 5.23. The number of pyridine rings is 1. The molecule has 1 N–H and O–H groups in total. The first kappa shape index (κ1) is 11.5. The Labute approximate surface area is 91.1 Å². The molecule has 1 aromatic rings. The molecule has 0 aliphatic rings. The summed E-state index contributed by atoms with van der Waals surface area (Å²) in [5.74, 6) is 0.712. The van der Waals surface area contributed by atoms with E-state index >= 15 is 0 Å². The lowest BCUT2D eigenvalue weighted by atomic mass is 10.1. The highest BCUT2D eigenvalue weighted by molar-refractivity contribution is 5.56. The molecule has 0 fully saturated rings. The van der Waals surface area contributed by atoms with Crippen molar-refractivity contribution in [3.8, 4) is 6.07 Å². The van der Waals surface area contributed by atoms with Crippen molar-refractivity contribution in [3.63, 3.8) is 0 Å². The highest BCUT2D eigenvalue weighted by Gasteiger charge is 2.09. The van der Waals surface area contributed by atoms with Gasteiger partial charge in [-0.3, -0.25) is 0 Å². The van der Waals surface area contributed by atoms with Crippen molar-refractivity contribution < 1.29 is 0 Å². The van der Waals surface area contributed by atoms with Gasteiger partial charge in [0.25, 0.3) is 0 Å². The van der Waals surface area contributed by atoms with Crippen molar-refractivity contribution in [2.24, 2.45) is 0 Å². The first-order valence-electron chi connectivity index (χ1n) is 5.23. The molecule has 0 aliphatic carbocycles. The van der Waals surface area contributed by atoms with Gasteiger partial charge < -0.3 is 5.32 Å². The summed E-state index contributed by atoms with van der Waals surface area (Å²) in [7, 11) is 0. The summed E-state index contributed by atoms with van der Waals surface area (Å²) < 4.78 is 0. The molecule has 1 heterocycles. The van der Waals surface area contributed by atoms with Crippen LogP contribution in [-0.4, -0.2) is 11.0 Å². The molecule has 0 aliphatic heterocycles. The van der Waals surface area contributed by atoms with E-state index in [2.05, 4.69) is 30.2 Å². The minimum absolute atomic E-state index is 0.339. The monoisotopic (exact) mass is 203 g/mol. The van der Waals surface area contributed by atoms with Crippen molar-refractivity contribution in [1.82, 2.24) is 4.98 Å². The molecule has 0 saturated carbocycles. The van der Waals surface area contributed by atoms with Crippen LogP contribution in [0.1, 0.15) is 37.1 Å². The van der Waals surface area contributed by atoms with Crippen molar-refractivity contribution in [2.45, 2.75) is 40.2 Å². The number of nitriles is 1. The van der Waals surface area contributed by atoms with Gasteiger partial charge in [0, 0.05) is 11.7 Å². The molecule has 80 valence electrons. The van der Waals surface area contributed by atoms with E-state index in [1.807, 2.05) is 19.9 Å². The Hall–Kier alpha value is -1.56. The van der Waals surface area contributed by atoms with Crippen LogP contribution in [0.25, 0.3) is 0 Å². The predicted octanol–water partition coefficient (Wildman–Crippen LogP) is 2.78. The Morgan fingerprint density at radius 1 is 1.53 bits per heavy atom. The second-order valence-electron chi connectivity index (χ2n) is 3.87. The quantitative estimate of drug-likeness (QED) is 0.821. The average molecular weight is 203 g/mol. The number of rotatable bonds is 3. The van der Waals surface area contributed by atoms with Gasteiger partial charge in [0.1, 0.15) is 11.9 Å². The summed E-state index contributed by atoms with van der Waals surface area (Å²) >= 11 is 0. The van der Waals surface area contributed by atoms with Crippen LogP contribution in [0.15, 0.2) is 6.07 Å². The fourth-order valence-electron chi connectivity index (χ4n) is 1.42. The molecule has 1 aromatic heterocycles. The summed E-state index contributed by atoms with van der Waals surface area (Å²) in [6.07, 6.45) is 1.01. The molecule has 3 nitrogen and oxygen atoms in total. The van der Waals surface area contributed by atoms with Gasteiger partial charge in [-0.05, 0) is 38.8 Å². The number of hydrogen-bond acceptors (Lipinski definition) is 3. The van der Waals surface area contributed by atoms with Crippen molar-refractivity contribution in [2.75, 3.05) is 5.32 Å². The van der Waals surface area contributed by atoms with Gasteiger partial charge in [-0.25, -0.2) is 4.98 Å². The molecular formula is C12H17N3. The Morgan fingerprint density at radius 3 is 2.73 bits per heavy atom. The largest absolute Gasteiger partial charge is 0.367 e. The summed E-state index contributed by atoms with van der Waals surface area (Å²) in [5, 5.41) is 12.3. The molecule has 0 radical (unpaired) electrons. The number of hydrogen-bond donors (Lipinski definition) is 1. The maximum Gasteiger partial charge on any atom is 0.144 e. The van der Waals surface area contributed by atoms with Crippen LogP contribution in [0.5, 0.6) is 0 Å². The normalized spacial score (nSPS) is 11.9. The second-order valence-corrected chi connectivity index (χ2v) is 3.87. The molecular weight excluding hydrogens is 186 g/mol. The standard InChI is InChI=1S/C12H17N3/c1-5-9(3)14-12-11(7-13)8(2)6-10(4)15-12/h6,9H,5H2,1-4H3,(H,14,15). The van der Waals surface area contributed by atoms with Crippen molar-refractivity contribution in [1.29, 1.82) is 5.26 Å². The summed E-state index contributed by atoms with van der Waals surface area (Å²) in [6.45, 7) is 8.07. The smallest absolute Gasteiger partial charge is 0.144 e.